The summed E-state index contributed by atoms with van der Waals surface area (Å²) in [5.74, 6) is -1.44. The van der Waals surface area contributed by atoms with Crippen molar-refractivity contribution in [3.63, 3.8) is 0 Å². The van der Waals surface area contributed by atoms with Crippen molar-refractivity contribution in [3.8, 4) is 12.1 Å². The summed E-state index contributed by atoms with van der Waals surface area (Å²) in [7, 11) is 0. The second kappa shape index (κ2) is 4.44. The Kier molecular flexibility index (Phi) is 3.28. The van der Waals surface area contributed by atoms with Crippen LogP contribution >= 0.6 is 0 Å². The summed E-state index contributed by atoms with van der Waals surface area (Å²) in [6, 6.07) is 4.48. The molecule has 3 atom stereocenters. The first-order valence-corrected chi connectivity index (χ1v) is 6.90. The van der Waals surface area contributed by atoms with Crippen LogP contribution in [0.2, 0.25) is 0 Å². The van der Waals surface area contributed by atoms with Crippen molar-refractivity contribution < 1.29 is 9.47 Å². The van der Waals surface area contributed by atoms with Crippen LogP contribution in [-0.2, 0) is 9.47 Å². The number of amidine groups is 1. The molecule has 0 amide bonds. The molecule has 2 rings (SSSR count). The first-order valence-electron chi connectivity index (χ1n) is 6.90. The minimum atomic E-state index is -1.46. The van der Waals surface area contributed by atoms with Crippen LogP contribution < -0.4 is 5.73 Å². The van der Waals surface area contributed by atoms with E-state index in [4.69, 9.17) is 15.2 Å². The monoisotopic (exact) mass is 276 g/mol. The van der Waals surface area contributed by atoms with Crippen LogP contribution in [-0.4, -0.2) is 25.0 Å². The van der Waals surface area contributed by atoms with Crippen LogP contribution in [0.25, 0.3) is 0 Å². The lowest BCUT2D eigenvalue weighted by molar-refractivity contribution is -0.257. The predicted octanol–water partition coefficient (Wildman–Crippen LogP) is 1.39. The molecule has 1 heterocycles. The number of hydrogen-bond donors (Lipinski definition) is 1. The first kappa shape index (κ1) is 14.8. The van der Waals surface area contributed by atoms with Gasteiger partial charge in [-0.3, -0.25) is 0 Å². The molecule has 2 N–H and O–H groups in total. The quantitative estimate of drug-likeness (QED) is 0.764. The van der Waals surface area contributed by atoms with E-state index in [1.165, 1.54) is 0 Å². The molecule has 1 aliphatic carbocycles. The summed E-state index contributed by atoms with van der Waals surface area (Å²) in [4.78, 5) is 4.25. The average Bonchev–Trinajstić information content (AvgIpc) is 2.98. The third-order valence-electron chi connectivity index (χ3n) is 4.34. The van der Waals surface area contributed by atoms with Crippen molar-refractivity contribution in [2.45, 2.75) is 33.6 Å². The maximum absolute atomic E-state index is 9.80. The van der Waals surface area contributed by atoms with Gasteiger partial charge in [-0.15, -0.1) is 0 Å². The third-order valence-corrected chi connectivity index (χ3v) is 4.34. The zero-order chi connectivity index (χ0) is 15.2. The van der Waals surface area contributed by atoms with E-state index in [1.54, 1.807) is 13.8 Å². The zero-order valence-corrected chi connectivity index (χ0v) is 12.3. The normalized spacial score (nSPS) is 37.0. The first-order chi connectivity index (χ1) is 9.44. The standard InChI is InChI=1S/C14H20N4O2/c1-5-19-14(20-6-2)13(8-16)10(9(3)4)12(13,7-15)11(17)18-14/h9-10H,5-6H2,1-4H3,(H2,17,18)/t10-,12-,13-/m1/s1. The van der Waals surface area contributed by atoms with Gasteiger partial charge < -0.3 is 15.2 Å². The van der Waals surface area contributed by atoms with Gasteiger partial charge in [-0.05, 0) is 19.8 Å². The number of ether oxygens (including phenoxy) is 2. The Balaban J connectivity index is 2.64. The number of nitriles is 2. The van der Waals surface area contributed by atoms with E-state index in [1.807, 2.05) is 13.8 Å². The molecule has 1 saturated carbocycles. The van der Waals surface area contributed by atoms with Gasteiger partial charge in [0.05, 0.1) is 12.1 Å². The van der Waals surface area contributed by atoms with Crippen molar-refractivity contribution in [3.05, 3.63) is 0 Å². The van der Waals surface area contributed by atoms with Crippen LogP contribution in [0, 0.1) is 45.3 Å². The van der Waals surface area contributed by atoms with E-state index in [-0.39, 0.29) is 17.7 Å². The Morgan fingerprint density at radius 2 is 1.80 bits per heavy atom. The highest BCUT2D eigenvalue weighted by Gasteiger charge is 2.93. The van der Waals surface area contributed by atoms with Gasteiger partial charge >= 0.3 is 0 Å². The number of nitrogens with zero attached hydrogens (tertiary/aromatic N) is 3. The molecule has 6 heteroatoms. The number of hydrogen-bond acceptors (Lipinski definition) is 6. The largest absolute Gasteiger partial charge is 0.386 e. The molecule has 0 saturated heterocycles. The van der Waals surface area contributed by atoms with Gasteiger partial charge in [0, 0.05) is 19.1 Å². The van der Waals surface area contributed by atoms with Crippen LogP contribution in [0.5, 0.6) is 0 Å². The number of rotatable bonds is 5. The molecule has 0 aromatic rings. The fourth-order valence-electron chi connectivity index (χ4n) is 3.81. The maximum atomic E-state index is 9.80. The van der Waals surface area contributed by atoms with E-state index in [2.05, 4.69) is 17.1 Å². The SMILES string of the molecule is CCOC1(OCC)N=C(N)[C@@]2(C#N)[C@@H](C(C)C)[C@@]12C#N. The molecule has 0 radical (unpaired) electrons. The lowest BCUT2D eigenvalue weighted by Gasteiger charge is -2.32. The highest BCUT2D eigenvalue weighted by Crippen LogP contribution is 2.79. The molecular formula is C14H20N4O2. The second-order valence-electron chi connectivity index (χ2n) is 5.51. The molecular weight excluding hydrogens is 256 g/mol. The molecule has 108 valence electrons. The van der Waals surface area contributed by atoms with E-state index in [0.717, 1.165) is 0 Å². The number of fused-ring (bicyclic) bond motifs is 1. The highest BCUT2D eigenvalue weighted by molar-refractivity contribution is 5.98. The Morgan fingerprint density at radius 3 is 2.10 bits per heavy atom. The minimum absolute atomic E-state index is 0.101. The van der Waals surface area contributed by atoms with Gasteiger partial charge in [0.15, 0.2) is 5.41 Å². The molecule has 20 heavy (non-hydrogen) atoms. The Morgan fingerprint density at radius 1 is 1.25 bits per heavy atom. The summed E-state index contributed by atoms with van der Waals surface area (Å²) in [6.45, 7) is 8.20. The Bertz CT molecular complexity index is 524. The Labute approximate surface area is 119 Å². The third kappa shape index (κ3) is 1.26. The molecule has 1 aliphatic heterocycles. The van der Waals surface area contributed by atoms with Gasteiger partial charge in [-0.1, -0.05) is 13.8 Å². The van der Waals surface area contributed by atoms with Gasteiger partial charge in [0.25, 0.3) is 5.91 Å². The van der Waals surface area contributed by atoms with Crippen LogP contribution in [0.1, 0.15) is 27.7 Å². The zero-order valence-electron chi connectivity index (χ0n) is 12.3. The summed E-state index contributed by atoms with van der Waals surface area (Å²) in [6.07, 6.45) is 0. The second-order valence-corrected chi connectivity index (χ2v) is 5.51. The number of nitrogens with two attached hydrogens (primary N) is 1. The Hall–Kier alpha value is -1.63. The molecule has 6 nitrogen and oxygen atoms in total. The van der Waals surface area contributed by atoms with Crippen molar-refractivity contribution in [1.82, 2.24) is 0 Å². The fourth-order valence-corrected chi connectivity index (χ4v) is 3.81. The molecule has 0 unspecified atom stereocenters. The smallest absolute Gasteiger partial charge is 0.293 e. The van der Waals surface area contributed by atoms with Crippen molar-refractivity contribution >= 4 is 5.84 Å². The van der Waals surface area contributed by atoms with E-state index in [9.17, 15) is 10.5 Å². The van der Waals surface area contributed by atoms with Crippen LogP contribution in [0.3, 0.4) is 0 Å². The summed E-state index contributed by atoms with van der Waals surface area (Å²) in [5.41, 5.74) is 3.76. The van der Waals surface area contributed by atoms with Gasteiger partial charge in [-0.25, -0.2) is 4.99 Å². The van der Waals surface area contributed by atoms with Crippen molar-refractivity contribution in [2.24, 2.45) is 33.4 Å². The van der Waals surface area contributed by atoms with Crippen molar-refractivity contribution in [2.75, 3.05) is 13.2 Å². The van der Waals surface area contributed by atoms with Crippen molar-refractivity contribution in [1.29, 1.82) is 10.5 Å². The van der Waals surface area contributed by atoms with Gasteiger partial charge in [0.2, 0.25) is 0 Å². The summed E-state index contributed by atoms with van der Waals surface area (Å²) in [5, 5.41) is 19.4. The van der Waals surface area contributed by atoms with Gasteiger partial charge in [0.1, 0.15) is 11.3 Å². The van der Waals surface area contributed by atoms with Gasteiger partial charge in [-0.2, -0.15) is 10.5 Å². The average molecular weight is 276 g/mol. The minimum Gasteiger partial charge on any atom is -0.386 e. The summed E-state index contributed by atoms with van der Waals surface area (Å²) >= 11 is 0. The van der Waals surface area contributed by atoms with E-state index in [0.29, 0.717) is 13.2 Å². The lowest BCUT2D eigenvalue weighted by atomic mass is 9.93. The maximum Gasteiger partial charge on any atom is 0.293 e. The van der Waals surface area contributed by atoms with E-state index >= 15 is 0 Å². The molecule has 0 spiro atoms. The molecule has 1 fully saturated rings. The molecule has 0 aromatic heterocycles. The lowest BCUT2D eigenvalue weighted by Crippen LogP contribution is -2.44. The van der Waals surface area contributed by atoms with Crippen LogP contribution in [0.15, 0.2) is 4.99 Å². The predicted molar refractivity (Wildman–Crippen MR) is 72.0 cm³/mol. The molecule has 2 aliphatic rings. The highest BCUT2D eigenvalue weighted by atomic mass is 16.7. The molecule has 0 aromatic carbocycles. The van der Waals surface area contributed by atoms with Crippen LogP contribution in [0.4, 0.5) is 0 Å². The fraction of sp³-hybridized carbons (Fsp3) is 0.786. The molecule has 0 bridgehead atoms. The topological polar surface area (TPSA) is 104 Å². The van der Waals surface area contributed by atoms with E-state index < -0.39 is 16.7 Å². The number of aliphatic imine (C=N–C) groups is 1. The summed E-state index contributed by atoms with van der Waals surface area (Å²) < 4.78 is 11.4.